The monoisotopic (exact) mass is 281 g/mol. The largest absolute Gasteiger partial charge is 0.383 e. The van der Waals surface area contributed by atoms with Crippen LogP contribution in [0.4, 0.5) is 0 Å². The lowest BCUT2D eigenvalue weighted by molar-refractivity contribution is -0.404. The van der Waals surface area contributed by atoms with Gasteiger partial charge in [-0.05, 0) is 37.3 Å². The van der Waals surface area contributed by atoms with Crippen LogP contribution < -0.4 is 5.32 Å². The summed E-state index contributed by atoms with van der Waals surface area (Å²) in [6.45, 7) is 0.818. The minimum absolute atomic E-state index is 0.231. The molecule has 102 valence electrons. The van der Waals surface area contributed by atoms with Gasteiger partial charge in [-0.25, -0.2) is 4.98 Å². The van der Waals surface area contributed by atoms with Gasteiger partial charge in [0, 0.05) is 18.7 Å². The summed E-state index contributed by atoms with van der Waals surface area (Å²) in [7, 11) is 0. The topological polar surface area (TPSA) is 68.1 Å². The first-order chi connectivity index (χ1) is 9.15. The highest BCUT2D eigenvalue weighted by Gasteiger charge is 2.21. The van der Waals surface area contributed by atoms with Gasteiger partial charge in [-0.3, -0.25) is 10.1 Å². The quantitative estimate of drug-likeness (QED) is 0.523. The smallest absolute Gasteiger partial charge is 0.253 e. The lowest BCUT2D eigenvalue weighted by Crippen LogP contribution is -2.28. The summed E-state index contributed by atoms with van der Waals surface area (Å²) in [5.74, 6) is 0.231. The number of piperidine rings is 1. The number of hydrogen-bond donors (Lipinski definition) is 1. The van der Waals surface area contributed by atoms with Crippen molar-refractivity contribution in [2.45, 2.75) is 25.7 Å². The molecular formula is C13H16ClN3O2. The van der Waals surface area contributed by atoms with Gasteiger partial charge in [-0.2, -0.15) is 0 Å². The Kier molecular flexibility index (Phi) is 4.74. The number of halogens is 1. The summed E-state index contributed by atoms with van der Waals surface area (Å²) < 4.78 is 0. The summed E-state index contributed by atoms with van der Waals surface area (Å²) in [5, 5.41) is 14.2. The molecule has 1 atom stereocenters. The zero-order valence-electron chi connectivity index (χ0n) is 10.5. The van der Waals surface area contributed by atoms with Crippen LogP contribution in [0.1, 0.15) is 24.8 Å². The molecule has 0 radical (unpaired) electrons. The Morgan fingerprint density at radius 1 is 1.58 bits per heavy atom. The summed E-state index contributed by atoms with van der Waals surface area (Å²) in [5.41, 5.74) is 1.86. The molecule has 5 nitrogen and oxygen atoms in total. The first-order valence-corrected chi connectivity index (χ1v) is 6.72. The number of hydrogen-bond acceptors (Lipinski definition) is 4. The third-order valence-corrected chi connectivity index (χ3v) is 3.54. The van der Waals surface area contributed by atoms with Crippen LogP contribution in [-0.2, 0) is 6.42 Å². The maximum Gasteiger partial charge on any atom is 0.253 e. The minimum atomic E-state index is -0.384. The molecule has 0 saturated carbocycles. The second kappa shape index (κ2) is 6.52. The summed E-state index contributed by atoms with van der Waals surface area (Å²) >= 11 is 5.74. The Hall–Kier alpha value is -1.62. The van der Waals surface area contributed by atoms with Gasteiger partial charge in [-0.15, -0.1) is 0 Å². The van der Waals surface area contributed by atoms with Gasteiger partial charge in [0.2, 0.25) is 0 Å². The summed E-state index contributed by atoms with van der Waals surface area (Å²) in [4.78, 5) is 14.2. The highest BCUT2D eigenvalue weighted by molar-refractivity contribution is 6.29. The molecule has 0 spiro atoms. The van der Waals surface area contributed by atoms with E-state index in [1.165, 1.54) is 0 Å². The predicted octanol–water partition coefficient (Wildman–Crippen LogP) is 2.79. The third-order valence-electron chi connectivity index (χ3n) is 3.31. The van der Waals surface area contributed by atoms with Crippen molar-refractivity contribution >= 4 is 11.6 Å². The average molecular weight is 282 g/mol. The van der Waals surface area contributed by atoms with Crippen molar-refractivity contribution in [2.24, 2.45) is 5.92 Å². The van der Waals surface area contributed by atoms with Crippen LogP contribution in [0.5, 0.6) is 0 Å². The van der Waals surface area contributed by atoms with Crippen molar-refractivity contribution in [3.8, 4) is 0 Å². The number of nitrogens with zero attached hydrogens (tertiary/aromatic N) is 2. The second-order valence-electron chi connectivity index (χ2n) is 4.66. The second-order valence-corrected chi connectivity index (χ2v) is 5.05. The summed E-state index contributed by atoms with van der Waals surface area (Å²) in [6, 6.07) is 3.71. The molecule has 1 aromatic heterocycles. The van der Waals surface area contributed by atoms with Crippen molar-refractivity contribution < 1.29 is 4.92 Å². The number of aryl methyl sites for hydroxylation is 1. The molecule has 0 bridgehead atoms. The Bertz CT molecular complexity index is 473. The fraction of sp³-hybridized carbons (Fsp3) is 0.462. The van der Waals surface area contributed by atoms with Gasteiger partial charge in [0.15, 0.2) is 0 Å². The van der Waals surface area contributed by atoms with E-state index in [1.807, 2.05) is 6.07 Å². The number of pyridine rings is 1. The van der Waals surface area contributed by atoms with Crippen LogP contribution in [0.15, 0.2) is 30.2 Å². The van der Waals surface area contributed by atoms with E-state index in [2.05, 4.69) is 10.3 Å². The fourth-order valence-electron chi connectivity index (χ4n) is 2.34. The highest BCUT2D eigenvalue weighted by Crippen LogP contribution is 2.24. The Morgan fingerprint density at radius 3 is 3.11 bits per heavy atom. The first-order valence-electron chi connectivity index (χ1n) is 6.34. The van der Waals surface area contributed by atoms with Gasteiger partial charge in [0.25, 0.3) is 6.20 Å². The van der Waals surface area contributed by atoms with Crippen LogP contribution in [0.25, 0.3) is 0 Å². The maximum atomic E-state index is 10.6. The van der Waals surface area contributed by atoms with Crippen molar-refractivity contribution in [3.05, 3.63) is 51.1 Å². The van der Waals surface area contributed by atoms with Crippen molar-refractivity contribution in [2.75, 3.05) is 6.54 Å². The SMILES string of the molecule is O=[N+]([O-])C=C1NCCCC1CCc1ccc(Cl)nc1. The zero-order valence-corrected chi connectivity index (χ0v) is 11.3. The van der Waals surface area contributed by atoms with E-state index in [0.717, 1.165) is 49.7 Å². The van der Waals surface area contributed by atoms with E-state index in [-0.39, 0.29) is 10.8 Å². The minimum Gasteiger partial charge on any atom is -0.383 e. The standard InChI is InChI=1S/C13H16ClN3O2/c14-13-6-4-10(8-16-13)3-5-11-2-1-7-15-12(11)9-17(18)19/h4,6,8-9,11,15H,1-3,5,7H2. The van der Waals surface area contributed by atoms with Crippen LogP contribution in [0.2, 0.25) is 5.15 Å². The van der Waals surface area contributed by atoms with Crippen molar-refractivity contribution in [3.63, 3.8) is 0 Å². The molecule has 1 N–H and O–H groups in total. The number of aromatic nitrogens is 1. The van der Waals surface area contributed by atoms with Crippen molar-refractivity contribution in [1.29, 1.82) is 0 Å². The number of allylic oxidation sites excluding steroid dienone is 1. The number of nitrogens with one attached hydrogen (secondary N) is 1. The highest BCUT2D eigenvalue weighted by atomic mass is 35.5. The molecule has 1 fully saturated rings. The van der Waals surface area contributed by atoms with Crippen LogP contribution in [0.3, 0.4) is 0 Å². The van der Waals surface area contributed by atoms with E-state index in [0.29, 0.717) is 5.15 Å². The molecule has 2 rings (SSSR count). The molecule has 1 unspecified atom stereocenters. The predicted molar refractivity (Wildman–Crippen MR) is 73.4 cm³/mol. The summed E-state index contributed by atoms with van der Waals surface area (Å²) in [6.07, 6.45) is 6.65. The van der Waals surface area contributed by atoms with Crippen LogP contribution in [-0.4, -0.2) is 16.5 Å². The van der Waals surface area contributed by atoms with E-state index < -0.39 is 0 Å². The number of rotatable bonds is 4. The molecule has 0 aromatic carbocycles. The normalized spacial score (nSPS) is 21.1. The molecule has 6 heteroatoms. The molecule has 19 heavy (non-hydrogen) atoms. The third kappa shape index (κ3) is 4.21. The Balaban J connectivity index is 1.96. The van der Waals surface area contributed by atoms with Crippen LogP contribution >= 0.6 is 11.6 Å². The van der Waals surface area contributed by atoms with Crippen molar-refractivity contribution in [1.82, 2.24) is 10.3 Å². The van der Waals surface area contributed by atoms with Gasteiger partial charge in [0.1, 0.15) is 5.15 Å². The fourth-order valence-corrected chi connectivity index (χ4v) is 2.45. The molecular weight excluding hydrogens is 266 g/mol. The molecule has 1 aliphatic heterocycles. The lowest BCUT2D eigenvalue weighted by Gasteiger charge is -2.25. The van der Waals surface area contributed by atoms with Gasteiger partial charge in [0.05, 0.1) is 10.6 Å². The average Bonchev–Trinajstić information content (AvgIpc) is 2.39. The van der Waals surface area contributed by atoms with E-state index in [1.54, 1.807) is 12.3 Å². The molecule has 0 aliphatic carbocycles. The first kappa shape index (κ1) is 13.8. The van der Waals surface area contributed by atoms with Gasteiger partial charge >= 0.3 is 0 Å². The zero-order chi connectivity index (χ0) is 13.7. The molecule has 1 aliphatic rings. The van der Waals surface area contributed by atoms with Gasteiger partial charge in [-0.1, -0.05) is 17.7 Å². The lowest BCUT2D eigenvalue weighted by atomic mass is 9.90. The van der Waals surface area contributed by atoms with E-state index in [4.69, 9.17) is 11.6 Å². The molecule has 1 saturated heterocycles. The number of nitro groups is 1. The Labute approximate surface area is 116 Å². The maximum absolute atomic E-state index is 10.6. The molecule has 0 amide bonds. The Morgan fingerprint density at radius 2 is 2.42 bits per heavy atom. The van der Waals surface area contributed by atoms with Crippen LogP contribution in [0, 0.1) is 16.0 Å². The van der Waals surface area contributed by atoms with E-state index in [9.17, 15) is 10.1 Å². The van der Waals surface area contributed by atoms with E-state index >= 15 is 0 Å². The molecule has 2 heterocycles. The molecule has 1 aromatic rings. The van der Waals surface area contributed by atoms with Gasteiger partial charge < -0.3 is 5.32 Å².